The van der Waals surface area contributed by atoms with E-state index < -0.39 is 0 Å². The Morgan fingerprint density at radius 3 is 2.95 bits per heavy atom. The van der Waals surface area contributed by atoms with Crippen LogP contribution >= 0.6 is 0 Å². The largest absolute Gasteiger partial charge is 0.472 e. The van der Waals surface area contributed by atoms with Gasteiger partial charge in [-0.3, -0.25) is 4.79 Å². The lowest BCUT2D eigenvalue weighted by Crippen LogP contribution is -2.30. The van der Waals surface area contributed by atoms with Gasteiger partial charge < -0.3 is 9.64 Å². The highest BCUT2D eigenvalue weighted by Crippen LogP contribution is 2.36. The van der Waals surface area contributed by atoms with Gasteiger partial charge in [0.1, 0.15) is 0 Å². The van der Waals surface area contributed by atoms with E-state index in [0.29, 0.717) is 5.78 Å². The maximum absolute atomic E-state index is 12.6. The number of hydrogen-bond donors (Lipinski definition) is 0. The minimum Gasteiger partial charge on any atom is -0.472 e. The summed E-state index contributed by atoms with van der Waals surface area (Å²) in [7, 11) is 0. The lowest BCUT2D eigenvalue weighted by molar-refractivity contribution is -0.119. The summed E-state index contributed by atoms with van der Waals surface area (Å²) in [6.45, 7) is 5.29. The topological polar surface area (TPSA) is 29.5 Å². The van der Waals surface area contributed by atoms with Crippen molar-refractivity contribution in [3.63, 3.8) is 0 Å². The Balaban J connectivity index is 1.71. The van der Waals surface area contributed by atoms with Crippen LogP contribution in [0.5, 0.6) is 0 Å². The number of likely N-dealkylation sites (tertiary alicyclic amines) is 1. The molecule has 102 valence electrons. The molecule has 3 rings (SSSR count). The quantitative estimate of drug-likeness (QED) is 0.777. The van der Waals surface area contributed by atoms with Crippen molar-refractivity contribution in [1.82, 2.24) is 4.90 Å². The predicted molar refractivity (Wildman–Crippen MR) is 74.4 cm³/mol. The predicted octanol–water partition coefficient (Wildman–Crippen LogP) is 2.81. The molecular weight excluding hydrogens is 238 g/mol. The van der Waals surface area contributed by atoms with Crippen LogP contribution in [0.2, 0.25) is 0 Å². The average molecular weight is 259 g/mol. The number of fused-ring (bicyclic) bond motifs is 1. The van der Waals surface area contributed by atoms with E-state index in [9.17, 15) is 4.79 Å². The number of allylic oxidation sites excluding steroid dienone is 4. The third-order valence-electron chi connectivity index (χ3n) is 4.31. The van der Waals surface area contributed by atoms with E-state index >= 15 is 0 Å². The first-order valence-corrected chi connectivity index (χ1v) is 7.27. The molecule has 0 aromatic heterocycles. The molecule has 0 saturated carbocycles. The molecule has 2 heterocycles. The fourth-order valence-electron chi connectivity index (χ4n) is 3.27. The SMILES string of the molecule is CC(CN1CCCC1)C(=O)C1=C2C=COC=C2CC1. The maximum atomic E-state index is 12.6. The summed E-state index contributed by atoms with van der Waals surface area (Å²) in [4.78, 5) is 15.0. The number of carbonyl (C=O) groups is 1. The zero-order chi connectivity index (χ0) is 13.2. The highest BCUT2D eigenvalue weighted by atomic mass is 16.5. The third kappa shape index (κ3) is 2.52. The molecule has 2 aliphatic heterocycles. The van der Waals surface area contributed by atoms with Crippen LogP contribution in [0.25, 0.3) is 0 Å². The number of Topliss-reactive ketones (excluding diaryl/α,β-unsaturated/α-hetero) is 1. The summed E-state index contributed by atoms with van der Waals surface area (Å²) in [5, 5.41) is 0. The molecule has 19 heavy (non-hydrogen) atoms. The van der Waals surface area contributed by atoms with Crippen LogP contribution in [0.3, 0.4) is 0 Å². The lowest BCUT2D eigenvalue weighted by Gasteiger charge is -2.20. The summed E-state index contributed by atoms with van der Waals surface area (Å²) in [6.07, 6.45) is 9.76. The van der Waals surface area contributed by atoms with Gasteiger partial charge in [-0.25, -0.2) is 0 Å². The molecule has 0 radical (unpaired) electrons. The number of hydrogen-bond acceptors (Lipinski definition) is 3. The number of ether oxygens (including phenoxy) is 1. The number of nitrogens with zero attached hydrogens (tertiary/aromatic N) is 1. The van der Waals surface area contributed by atoms with Crippen molar-refractivity contribution in [3.8, 4) is 0 Å². The van der Waals surface area contributed by atoms with Crippen LogP contribution in [0.4, 0.5) is 0 Å². The zero-order valence-corrected chi connectivity index (χ0v) is 11.5. The molecule has 1 saturated heterocycles. The molecule has 1 aliphatic carbocycles. The third-order valence-corrected chi connectivity index (χ3v) is 4.31. The van der Waals surface area contributed by atoms with Crippen LogP contribution in [0, 0.1) is 5.92 Å². The van der Waals surface area contributed by atoms with Crippen LogP contribution in [0.15, 0.2) is 35.3 Å². The van der Waals surface area contributed by atoms with E-state index in [1.807, 2.05) is 6.08 Å². The molecule has 0 N–H and O–H groups in total. The van der Waals surface area contributed by atoms with E-state index in [1.165, 1.54) is 18.4 Å². The second kappa shape index (κ2) is 5.33. The molecule has 1 fully saturated rings. The van der Waals surface area contributed by atoms with Crippen molar-refractivity contribution >= 4 is 5.78 Å². The van der Waals surface area contributed by atoms with Crippen LogP contribution in [-0.2, 0) is 9.53 Å². The van der Waals surface area contributed by atoms with Gasteiger partial charge in [0.15, 0.2) is 5.78 Å². The van der Waals surface area contributed by atoms with Crippen molar-refractivity contribution in [3.05, 3.63) is 35.3 Å². The van der Waals surface area contributed by atoms with E-state index in [4.69, 9.17) is 4.74 Å². The Labute approximate surface area is 114 Å². The van der Waals surface area contributed by atoms with E-state index in [-0.39, 0.29) is 5.92 Å². The van der Waals surface area contributed by atoms with Gasteiger partial charge in [-0.15, -0.1) is 0 Å². The van der Waals surface area contributed by atoms with Crippen molar-refractivity contribution in [2.24, 2.45) is 5.92 Å². The van der Waals surface area contributed by atoms with Crippen LogP contribution < -0.4 is 0 Å². The lowest BCUT2D eigenvalue weighted by atomic mass is 9.95. The normalized spacial score (nSPS) is 24.2. The number of rotatable bonds is 4. The number of carbonyl (C=O) groups excluding carboxylic acids is 1. The second-order valence-electron chi connectivity index (χ2n) is 5.75. The minimum absolute atomic E-state index is 0.108. The minimum atomic E-state index is 0.108. The Kier molecular flexibility index (Phi) is 3.56. The molecule has 0 spiro atoms. The van der Waals surface area contributed by atoms with Gasteiger partial charge >= 0.3 is 0 Å². The highest BCUT2D eigenvalue weighted by Gasteiger charge is 2.29. The van der Waals surface area contributed by atoms with E-state index in [2.05, 4.69) is 11.8 Å². The first kappa shape index (κ1) is 12.7. The standard InChI is InChI=1S/C16H21NO2/c1-12(10-17-7-2-3-8-17)16(18)15-5-4-13-11-19-9-6-14(13)15/h6,9,11-12H,2-5,7-8,10H2,1H3. The Morgan fingerprint density at radius 2 is 2.16 bits per heavy atom. The molecule has 1 atom stereocenters. The fraction of sp³-hybridized carbons (Fsp3) is 0.562. The molecule has 0 amide bonds. The highest BCUT2D eigenvalue weighted by molar-refractivity contribution is 6.00. The molecule has 0 bridgehead atoms. The van der Waals surface area contributed by atoms with Gasteiger partial charge in [0.05, 0.1) is 12.5 Å². The summed E-state index contributed by atoms with van der Waals surface area (Å²) >= 11 is 0. The average Bonchev–Trinajstić information content (AvgIpc) is 3.06. The van der Waals surface area contributed by atoms with Crippen molar-refractivity contribution in [1.29, 1.82) is 0 Å². The van der Waals surface area contributed by atoms with E-state index in [1.54, 1.807) is 12.5 Å². The molecular formula is C16H21NO2. The summed E-state index contributed by atoms with van der Waals surface area (Å²) in [6, 6.07) is 0. The van der Waals surface area contributed by atoms with Crippen LogP contribution in [0.1, 0.15) is 32.6 Å². The summed E-state index contributed by atoms with van der Waals surface area (Å²) in [5.74, 6) is 0.438. The van der Waals surface area contributed by atoms with Gasteiger partial charge in [-0.1, -0.05) is 6.92 Å². The zero-order valence-electron chi connectivity index (χ0n) is 11.5. The fourth-order valence-corrected chi connectivity index (χ4v) is 3.27. The molecule has 0 aromatic carbocycles. The van der Waals surface area contributed by atoms with Crippen molar-refractivity contribution in [2.75, 3.05) is 19.6 Å². The van der Waals surface area contributed by atoms with Gasteiger partial charge in [-0.2, -0.15) is 0 Å². The Morgan fingerprint density at radius 1 is 1.37 bits per heavy atom. The summed E-state index contributed by atoms with van der Waals surface area (Å²) in [5.41, 5.74) is 3.31. The van der Waals surface area contributed by atoms with Gasteiger partial charge in [-0.05, 0) is 56.0 Å². The van der Waals surface area contributed by atoms with Crippen LogP contribution in [-0.4, -0.2) is 30.3 Å². The molecule has 0 aromatic rings. The molecule has 1 unspecified atom stereocenters. The monoisotopic (exact) mass is 259 g/mol. The molecule has 3 aliphatic rings. The van der Waals surface area contributed by atoms with Gasteiger partial charge in [0.25, 0.3) is 0 Å². The first-order valence-electron chi connectivity index (χ1n) is 7.27. The summed E-state index contributed by atoms with van der Waals surface area (Å²) < 4.78 is 5.18. The Bertz CT molecular complexity index is 467. The number of ketones is 1. The van der Waals surface area contributed by atoms with Crippen molar-refractivity contribution in [2.45, 2.75) is 32.6 Å². The smallest absolute Gasteiger partial charge is 0.163 e. The van der Waals surface area contributed by atoms with Gasteiger partial charge in [0, 0.05) is 18.0 Å². The van der Waals surface area contributed by atoms with Gasteiger partial charge in [0.2, 0.25) is 0 Å². The van der Waals surface area contributed by atoms with E-state index in [0.717, 1.165) is 43.6 Å². The second-order valence-corrected chi connectivity index (χ2v) is 5.75. The first-order chi connectivity index (χ1) is 9.25. The van der Waals surface area contributed by atoms with Crippen molar-refractivity contribution < 1.29 is 9.53 Å². The molecule has 3 heteroatoms. The Hall–Kier alpha value is -1.35. The molecule has 3 nitrogen and oxygen atoms in total. The maximum Gasteiger partial charge on any atom is 0.163 e.